The molecular formula is C43H34N4. The molecule has 0 aliphatic heterocycles. The van der Waals surface area contributed by atoms with Gasteiger partial charge in [0.25, 0.3) is 0 Å². The summed E-state index contributed by atoms with van der Waals surface area (Å²) in [6.07, 6.45) is 6.77. The second-order valence-electron chi connectivity index (χ2n) is 13.7. The first-order valence-electron chi connectivity index (χ1n) is 16.5. The molecule has 1 heterocycles. The summed E-state index contributed by atoms with van der Waals surface area (Å²) in [6, 6.07) is 43.7. The van der Waals surface area contributed by atoms with Crippen LogP contribution in [0.25, 0.3) is 55.8 Å². The van der Waals surface area contributed by atoms with Gasteiger partial charge < -0.3 is 0 Å². The van der Waals surface area contributed by atoms with E-state index < -0.39 is 0 Å². The summed E-state index contributed by atoms with van der Waals surface area (Å²) in [4.78, 5) is 9.96. The zero-order valence-corrected chi connectivity index (χ0v) is 26.4. The van der Waals surface area contributed by atoms with Crippen molar-refractivity contribution in [2.24, 2.45) is 11.8 Å². The summed E-state index contributed by atoms with van der Waals surface area (Å²) in [5.41, 5.74) is 8.94. The number of nitriles is 2. The number of benzene rings is 5. The second-order valence-corrected chi connectivity index (χ2v) is 13.7. The van der Waals surface area contributed by atoms with E-state index in [0.29, 0.717) is 28.2 Å². The van der Waals surface area contributed by atoms with E-state index in [0.717, 1.165) is 34.2 Å². The van der Waals surface area contributed by atoms with Crippen LogP contribution >= 0.6 is 0 Å². The second kappa shape index (κ2) is 11.7. The minimum absolute atomic E-state index is 0.212. The molecule has 2 saturated carbocycles. The summed E-state index contributed by atoms with van der Waals surface area (Å²) < 4.78 is 0. The summed E-state index contributed by atoms with van der Waals surface area (Å²) in [5, 5.41) is 21.9. The molecule has 1 aromatic heterocycles. The summed E-state index contributed by atoms with van der Waals surface area (Å²) >= 11 is 0. The van der Waals surface area contributed by atoms with Gasteiger partial charge in [-0.05, 0) is 94.3 Å². The highest BCUT2D eigenvalue weighted by atomic mass is 14.9. The Morgan fingerprint density at radius 1 is 0.596 bits per heavy atom. The number of rotatable bonds is 5. The van der Waals surface area contributed by atoms with Crippen LogP contribution in [0.1, 0.15) is 55.7 Å². The lowest BCUT2D eigenvalue weighted by atomic mass is 9.65. The Kier molecular flexibility index (Phi) is 7.16. The molecule has 0 amide bonds. The maximum Gasteiger partial charge on any atom is 0.160 e. The van der Waals surface area contributed by atoms with Gasteiger partial charge in [-0.15, -0.1) is 0 Å². The van der Waals surface area contributed by atoms with E-state index >= 15 is 0 Å². The number of fused-ring (bicyclic) bond motifs is 3. The van der Waals surface area contributed by atoms with Crippen LogP contribution in [-0.2, 0) is 5.41 Å². The smallest absolute Gasteiger partial charge is 0.160 e. The zero-order valence-electron chi connectivity index (χ0n) is 26.4. The fraction of sp³-hybridized carbons (Fsp3) is 0.209. The SMILES string of the molecule is CC1(c2ccc(-c3cccc(-c4cc(-c5cc(C#N)cc(C#N)c5)nc(-c5ccccc5)n4)c3)c3ccccc23)C[C@@H]2CC[C@@H](C2)C1. The third kappa shape index (κ3) is 5.37. The van der Waals surface area contributed by atoms with Gasteiger partial charge in [-0.1, -0.05) is 105 Å². The molecule has 8 rings (SSSR count). The van der Waals surface area contributed by atoms with Gasteiger partial charge in [0.1, 0.15) is 0 Å². The van der Waals surface area contributed by atoms with E-state index in [4.69, 9.17) is 9.97 Å². The van der Waals surface area contributed by atoms with Crippen LogP contribution in [0.3, 0.4) is 0 Å². The molecule has 47 heavy (non-hydrogen) atoms. The van der Waals surface area contributed by atoms with E-state index in [2.05, 4.69) is 79.7 Å². The summed E-state index contributed by atoms with van der Waals surface area (Å²) in [5.74, 6) is 2.32. The first-order valence-corrected chi connectivity index (χ1v) is 16.5. The van der Waals surface area contributed by atoms with Gasteiger partial charge in [0, 0.05) is 16.7 Å². The third-order valence-electron chi connectivity index (χ3n) is 10.4. The predicted octanol–water partition coefficient (Wildman–Crippen LogP) is 10.5. The van der Waals surface area contributed by atoms with E-state index in [1.165, 1.54) is 54.0 Å². The lowest BCUT2D eigenvalue weighted by Gasteiger charge is -2.39. The van der Waals surface area contributed by atoms with Gasteiger partial charge in [-0.25, -0.2) is 9.97 Å². The van der Waals surface area contributed by atoms with Crippen molar-refractivity contribution in [2.75, 3.05) is 0 Å². The van der Waals surface area contributed by atoms with E-state index in [1.54, 1.807) is 18.2 Å². The highest BCUT2D eigenvalue weighted by Crippen LogP contribution is 2.53. The number of nitrogens with zero attached hydrogens (tertiary/aromatic N) is 4. The topological polar surface area (TPSA) is 73.4 Å². The molecule has 3 atom stereocenters. The van der Waals surface area contributed by atoms with Gasteiger partial charge >= 0.3 is 0 Å². The fourth-order valence-corrected chi connectivity index (χ4v) is 8.41. The Labute approximate surface area is 276 Å². The maximum atomic E-state index is 9.65. The molecule has 5 aromatic carbocycles. The highest BCUT2D eigenvalue weighted by molar-refractivity contribution is 5.99. The van der Waals surface area contributed by atoms with Crippen molar-refractivity contribution < 1.29 is 0 Å². The molecule has 2 aliphatic rings. The van der Waals surface area contributed by atoms with E-state index in [1.807, 2.05) is 36.4 Å². The van der Waals surface area contributed by atoms with Crippen LogP contribution in [0, 0.1) is 34.5 Å². The molecule has 0 saturated heterocycles. The lowest BCUT2D eigenvalue weighted by molar-refractivity contribution is 0.233. The monoisotopic (exact) mass is 606 g/mol. The first-order chi connectivity index (χ1) is 23.0. The van der Waals surface area contributed by atoms with Crippen molar-refractivity contribution in [3.63, 3.8) is 0 Å². The van der Waals surface area contributed by atoms with Gasteiger partial charge in [-0.3, -0.25) is 0 Å². The Hall–Kier alpha value is -5.58. The Bertz CT molecular complexity index is 2190. The Morgan fingerprint density at radius 3 is 1.91 bits per heavy atom. The molecule has 2 bridgehead atoms. The van der Waals surface area contributed by atoms with Gasteiger partial charge in [0.05, 0.1) is 34.7 Å². The number of aromatic nitrogens is 2. The van der Waals surface area contributed by atoms with Crippen molar-refractivity contribution in [3.05, 3.63) is 132 Å². The minimum atomic E-state index is 0.212. The number of hydrogen-bond acceptors (Lipinski definition) is 4. The average Bonchev–Trinajstić information content (AvgIpc) is 3.48. The fourth-order valence-electron chi connectivity index (χ4n) is 8.41. The van der Waals surface area contributed by atoms with Crippen molar-refractivity contribution in [1.29, 1.82) is 10.5 Å². The molecule has 6 aromatic rings. The van der Waals surface area contributed by atoms with Crippen LogP contribution in [0.4, 0.5) is 0 Å². The summed E-state index contributed by atoms with van der Waals surface area (Å²) in [6.45, 7) is 2.50. The zero-order chi connectivity index (χ0) is 32.0. The molecule has 0 spiro atoms. The lowest BCUT2D eigenvalue weighted by Crippen LogP contribution is -2.30. The van der Waals surface area contributed by atoms with Crippen molar-refractivity contribution in [1.82, 2.24) is 9.97 Å². The third-order valence-corrected chi connectivity index (χ3v) is 10.4. The molecule has 4 heteroatoms. The van der Waals surface area contributed by atoms with Crippen molar-refractivity contribution in [2.45, 2.75) is 44.4 Å². The molecular weight excluding hydrogens is 573 g/mol. The van der Waals surface area contributed by atoms with Crippen LogP contribution in [0.5, 0.6) is 0 Å². The van der Waals surface area contributed by atoms with Crippen LogP contribution in [0.2, 0.25) is 0 Å². The Balaban J connectivity index is 1.25. The van der Waals surface area contributed by atoms with Gasteiger partial charge in [0.2, 0.25) is 0 Å². The molecule has 2 fully saturated rings. The van der Waals surface area contributed by atoms with Crippen LogP contribution < -0.4 is 0 Å². The van der Waals surface area contributed by atoms with Crippen LogP contribution in [-0.4, -0.2) is 9.97 Å². The minimum Gasteiger partial charge on any atom is -0.228 e. The normalized spacial score (nSPS) is 20.1. The molecule has 2 aliphatic carbocycles. The maximum absolute atomic E-state index is 9.65. The highest BCUT2D eigenvalue weighted by Gasteiger charge is 2.42. The van der Waals surface area contributed by atoms with E-state index in [9.17, 15) is 10.5 Å². The van der Waals surface area contributed by atoms with Crippen molar-refractivity contribution in [3.8, 4) is 57.2 Å². The van der Waals surface area contributed by atoms with Crippen molar-refractivity contribution >= 4 is 10.8 Å². The first kappa shape index (κ1) is 28.9. The van der Waals surface area contributed by atoms with Gasteiger partial charge in [0.15, 0.2) is 5.82 Å². The molecule has 4 nitrogen and oxygen atoms in total. The standard InChI is InChI=1S/C43H34N4/c1-43(24-28-14-15-29(18-28)25-43)39-17-16-36(37-12-5-6-13-38(37)39)33-10-7-11-34(22-33)40-23-41(35-20-30(26-44)19-31(21-35)27-45)47-42(46-40)32-8-3-2-4-9-32/h2-13,16-17,19-23,28-29H,14-15,18,24-25H2,1H3/t28-,29+,43?. The summed E-state index contributed by atoms with van der Waals surface area (Å²) in [7, 11) is 0. The largest absolute Gasteiger partial charge is 0.228 e. The quantitative estimate of drug-likeness (QED) is 0.196. The average molecular weight is 607 g/mol. The molecule has 0 N–H and O–H groups in total. The molecule has 0 radical (unpaired) electrons. The van der Waals surface area contributed by atoms with E-state index in [-0.39, 0.29) is 5.41 Å². The predicted molar refractivity (Wildman–Crippen MR) is 188 cm³/mol. The molecule has 226 valence electrons. The Morgan fingerprint density at radius 2 is 1.21 bits per heavy atom. The molecule has 1 unspecified atom stereocenters. The van der Waals surface area contributed by atoms with Crippen LogP contribution in [0.15, 0.2) is 115 Å². The number of hydrogen-bond donors (Lipinski definition) is 0. The van der Waals surface area contributed by atoms with Gasteiger partial charge in [-0.2, -0.15) is 10.5 Å².